The van der Waals surface area contributed by atoms with E-state index in [1.807, 2.05) is 6.07 Å². The lowest BCUT2D eigenvalue weighted by molar-refractivity contribution is 0.709. The third kappa shape index (κ3) is 3.59. The van der Waals surface area contributed by atoms with Crippen LogP contribution in [-0.4, -0.2) is 19.8 Å². The van der Waals surface area contributed by atoms with Crippen LogP contribution < -0.4 is 9.91 Å². The Kier molecular flexibility index (Phi) is 4.68. The van der Waals surface area contributed by atoms with Crippen LogP contribution in [0.4, 0.5) is 11.4 Å². The number of rotatable bonds is 4. The third-order valence-corrected chi connectivity index (χ3v) is 5.08. The molecule has 4 rings (SSSR count). The maximum absolute atomic E-state index is 5.02. The van der Waals surface area contributed by atoms with Gasteiger partial charge in [-0.15, -0.1) is 0 Å². The fourth-order valence-corrected chi connectivity index (χ4v) is 3.58. The summed E-state index contributed by atoms with van der Waals surface area (Å²) >= 11 is 0. The fraction of sp³-hybridized carbons (Fsp3) is 0.208. The number of para-hydroxylation sites is 1. The van der Waals surface area contributed by atoms with E-state index in [1.54, 1.807) is 0 Å². The normalized spacial score (nSPS) is 16.3. The van der Waals surface area contributed by atoms with E-state index in [9.17, 15) is 0 Å². The molecule has 0 aliphatic carbocycles. The molecule has 136 valence electrons. The SMILES string of the molecule is Cc1cccc(C2=NN(c3ccccc3)C(c3ccc(N(C)C)cc3)C2)c1. The van der Waals surface area contributed by atoms with Crippen molar-refractivity contribution in [2.45, 2.75) is 19.4 Å². The van der Waals surface area contributed by atoms with Gasteiger partial charge in [0.25, 0.3) is 0 Å². The molecule has 0 N–H and O–H groups in total. The topological polar surface area (TPSA) is 18.8 Å². The molecule has 0 saturated heterocycles. The number of hydrogen-bond donors (Lipinski definition) is 0. The van der Waals surface area contributed by atoms with Crippen LogP contribution >= 0.6 is 0 Å². The van der Waals surface area contributed by atoms with E-state index in [2.05, 4.69) is 104 Å². The van der Waals surface area contributed by atoms with E-state index < -0.39 is 0 Å². The molecule has 3 nitrogen and oxygen atoms in total. The first-order valence-electron chi connectivity index (χ1n) is 9.38. The van der Waals surface area contributed by atoms with Gasteiger partial charge in [-0.3, -0.25) is 5.01 Å². The minimum absolute atomic E-state index is 0.208. The summed E-state index contributed by atoms with van der Waals surface area (Å²) in [5.74, 6) is 0. The number of nitrogens with zero attached hydrogens (tertiary/aromatic N) is 3. The first-order chi connectivity index (χ1) is 13.1. The molecular formula is C24H25N3. The molecule has 3 aromatic rings. The van der Waals surface area contributed by atoms with Crippen LogP contribution in [0.15, 0.2) is 84.0 Å². The largest absolute Gasteiger partial charge is 0.378 e. The van der Waals surface area contributed by atoms with Crippen LogP contribution in [-0.2, 0) is 0 Å². The average Bonchev–Trinajstić information content (AvgIpc) is 3.14. The molecule has 1 aliphatic rings. The van der Waals surface area contributed by atoms with Crippen molar-refractivity contribution in [3.05, 3.63) is 95.6 Å². The predicted molar refractivity (Wildman–Crippen MR) is 115 cm³/mol. The molecule has 27 heavy (non-hydrogen) atoms. The molecule has 1 unspecified atom stereocenters. The third-order valence-electron chi connectivity index (χ3n) is 5.08. The van der Waals surface area contributed by atoms with Crippen molar-refractivity contribution in [3.63, 3.8) is 0 Å². The maximum atomic E-state index is 5.02. The zero-order chi connectivity index (χ0) is 18.8. The second kappa shape index (κ2) is 7.28. The Labute approximate surface area is 161 Å². The van der Waals surface area contributed by atoms with E-state index in [4.69, 9.17) is 5.10 Å². The monoisotopic (exact) mass is 355 g/mol. The standard InChI is InChI=1S/C24H25N3/c1-18-8-7-9-20(16-18)23-17-24(19-12-14-21(15-13-19)26(2)3)27(25-23)22-10-5-4-6-11-22/h4-16,24H,17H2,1-3H3. The molecule has 0 spiro atoms. The Balaban J connectivity index is 1.72. The summed E-state index contributed by atoms with van der Waals surface area (Å²) in [6.45, 7) is 2.13. The quantitative estimate of drug-likeness (QED) is 0.622. The lowest BCUT2D eigenvalue weighted by atomic mass is 9.97. The van der Waals surface area contributed by atoms with Crippen molar-refractivity contribution in [1.82, 2.24) is 0 Å². The average molecular weight is 355 g/mol. The van der Waals surface area contributed by atoms with Gasteiger partial charge in [-0.25, -0.2) is 0 Å². The molecule has 0 aromatic heterocycles. The highest BCUT2D eigenvalue weighted by Crippen LogP contribution is 2.37. The Hall–Kier alpha value is -3.07. The van der Waals surface area contributed by atoms with Gasteiger partial charge in [-0.2, -0.15) is 5.10 Å². The Morgan fingerprint density at radius 1 is 0.889 bits per heavy atom. The van der Waals surface area contributed by atoms with Gasteiger partial charge in [0.15, 0.2) is 0 Å². The summed E-state index contributed by atoms with van der Waals surface area (Å²) in [6.07, 6.45) is 0.902. The molecule has 1 atom stereocenters. The second-order valence-corrected chi connectivity index (χ2v) is 7.30. The second-order valence-electron chi connectivity index (χ2n) is 7.30. The van der Waals surface area contributed by atoms with E-state index in [-0.39, 0.29) is 6.04 Å². The first kappa shape index (κ1) is 17.3. The molecule has 0 radical (unpaired) electrons. The molecular weight excluding hydrogens is 330 g/mol. The predicted octanol–water partition coefficient (Wildman–Crippen LogP) is 5.42. The van der Waals surface area contributed by atoms with Crippen molar-refractivity contribution < 1.29 is 0 Å². The van der Waals surface area contributed by atoms with Crippen LogP contribution in [0.3, 0.4) is 0 Å². The molecule has 0 fully saturated rings. The Bertz CT molecular complexity index is 943. The number of hydrogen-bond acceptors (Lipinski definition) is 3. The highest BCUT2D eigenvalue weighted by molar-refractivity contribution is 6.03. The van der Waals surface area contributed by atoms with E-state index in [1.165, 1.54) is 22.4 Å². The van der Waals surface area contributed by atoms with Gasteiger partial charge >= 0.3 is 0 Å². The van der Waals surface area contributed by atoms with Crippen LogP contribution in [0.1, 0.15) is 29.2 Å². The van der Waals surface area contributed by atoms with Crippen molar-refractivity contribution in [2.24, 2.45) is 5.10 Å². The van der Waals surface area contributed by atoms with Crippen LogP contribution in [0.25, 0.3) is 0 Å². The lowest BCUT2D eigenvalue weighted by Gasteiger charge is -2.24. The molecule has 3 heteroatoms. The van der Waals surface area contributed by atoms with Crippen LogP contribution in [0.5, 0.6) is 0 Å². The van der Waals surface area contributed by atoms with E-state index in [0.29, 0.717) is 0 Å². The molecule has 0 bridgehead atoms. The minimum Gasteiger partial charge on any atom is -0.378 e. The van der Waals surface area contributed by atoms with Gasteiger partial charge in [0, 0.05) is 26.2 Å². The summed E-state index contributed by atoms with van der Waals surface area (Å²) in [7, 11) is 4.14. The van der Waals surface area contributed by atoms with E-state index in [0.717, 1.165) is 17.8 Å². The minimum atomic E-state index is 0.208. The van der Waals surface area contributed by atoms with Crippen LogP contribution in [0, 0.1) is 6.92 Å². The summed E-state index contributed by atoms with van der Waals surface area (Å²) in [4.78, 5) is 2.13. The lowest BCUT2D eigenvalue weighted by Crippen LogP contribution is -2.18. The van der Waals surface area contributed by atoms with Gasteiger partial charge in [0.1, 0.15) is 0 Å². The summed E-state index contributed by atoms with van der Waals surface area (Å²) in [5.41, 5.74) is 7.24. The molecule has 0 amide bonds. The zero-order valence-corrected chi connectivity index (χ0v) is 16.1. The van der Waals surface area contributed by atoms with Gasteiger partial charge < -0.3 is 4.90 Å². The highest BCUT2D eigenvalue weighted by Gasteiger charge is 2.29. The van der Waals surface area contributed by atoms with Crippen LogP contribution in [0.2, 0.25) is 0 Å². The summed E-state index contributed by atoms with van der Waals surface area (Å²) < 4.78 is 0. The number of anilines is 2. The van der Waals surface area contributed by atoms with Gasteiger partial charge in [-0.05, 0) is 42.3 Å². The molecule has 1 heterocycles. The molecule has 3 aromatic carbocycles. The summed E-state index contributed by atoms with van der Waals surface area (Å²) in [5, 5.41) is 7.19. The van der Waals surface area contributed by atoms with Crippen molar-refractivity contribution in [3.8, 4) is 0 Å². The smallest absolute Gasteiger partial charge is 0.0831 e. The van der Waals surface area contributed by atoms with Crippen molar-refractivity contribution in [2.75, 3.05) is 24.0 Å². The van der Waals surface area contributed by atoms with Crippen molar-refractivity contribution in [1.29, 1.82) is 0 Å². The van der Waals surface area contributed by atoms with Gasteiger partial charge in [0.05, 0.1) is 17.4 Å². The summed E-state index contributed by atoms with van der Waals surface area (Å²) in [6, 6.07) is 28.1. The van der Waals surface area contributed by atoms with E-state index >= 15 is 0 Å². The van der Waals surface area contributed by atoms with Gasteiger partial charge in [-0.1, -0.05) is 60.2 Å². The first-order valence-corrected chi connectivity index (χ1v) is 9.38. The maximum Gasteiger partial charge on any atom is 0.0831 e. The number of benzene rings is 3. The Morgan fingerprint density at radius 2 is 1.63 bits per heavy atom. The highest BCUT2D eigenvalue weighted by atomic mass is 15.5. The van der Waals surface area contributed by atoms with Gasteiger partial charge in [0.2, 0.25) is 0 Å². The number of aryl methyl sites for hydroxylation is 1. The molecule has 0 saturated carbocycles. The van der Waals surface area contributed by atoms with Crippen molar-refractivity contribution >= 4 is 17.1 Å². The molecule has 1 aliphatic heterocycles. The zero-order valence-electron chi connectivity index (χ0n) is 16.1. The number of hydrazone groups is 1. The Morgan fingerprint density at radius 3 is 2.30 bits per heavy atom. The fourth-order valence-electron chi connectivity index (χ4n) is 3.58.